The molecule has 178 valence electrons. The molecule has 9 heteroatoms. The second kappa shape index (κ2) is 11.2. The van der Waals surface area contributed by atoms with Gasteiger partial charge in [-0.3, -0.25) is 9.59 Å². The van der Waals surface area contributed by atoms with Gasteiger partial charge in [0.2, 0.25) is 5.91 Å². The lowest BCUT2D eigenvalue weighted by atomic mass is 10.1. The van der Waals surface area contributed by atoms with Crippen LogP contribution in [0.4, 0.5) is 5.82 Å². The predicted octanol–water partition coefficient (Wildman–Crippen LogP) is 2.95. The number of thiophene rings is 1. The van der Waals surface area contributed by atoms with Gasteiger partial charge in [-0.1, -0.05) is 35.9 Å². The van der Waals surface area contributed by atoms with Crippen LogP contribution in [0.25, 0.3) is 11.3 Å². The molecular weight excluding hydrogens is 450 g/mol. The second-order valence-corrected chi connectivity index (χ2v) is 9.16. The van der Waals surface area contributed by atoms with Crippen molar-refractivity contribution in [2.75, 3.05) is 57.9 Å². The van der Waals surface area contributed by atoms with E-state index in [1.165, 1.54) is 16.9 Å². The van der Waals surface area contributed by atoms with Gasteiger partial charge in [0.05, 0.1) is 17.2 Å². The number of benzene rings is 1. The smallest absolute Gasteiger partial charge is 0.264 e. The number of anilines is 1. The summed E-state index contributed by atoms with van der Waals surface area (Å²) in [7, 11) is 1.59. The van der Waals surface area contributed by atoms with Crippen molar-refractivity contribution in [3.63, 3.8) is 0 Å². The number of aryl methyl sites for hydroxylation is 1. The molecule has 0 radical (unpaired) electrons. The van der Waals surface area contributed by atoms with E-state index in [9.17, 15) is 9.59 Å². The Kier molecular flexibility index (Phi) is 7.87. The van der Waals surface area contributed by atoms with Crippen LogP contribution in [-0.4, -0.2) is 84.8 Å². The molecule has 2 amide bonds. The minimum Gasteiger partial charge on any atom is -0.383 e. The summed E-state index contributed by atoms with van der Waals surface area (Å²) in [6.45, 7) is 5.35. The second-order valence-electron chi connectivity index (χ2n) is 8.21. The number of hydrogen-bond acceptors (Lipinski definition) is 7. The number of nitrogens with zero attached hydrogens (tertiary/aromatic N) is 5. The highest BCUT2D eigenvalue weighted by molar-refractivity contribution is 7.12. The Balaban J connectivity index is 1.33. The maximum absolute atomic E-state index is 13.0. The fourth-order valence-electron chi connectivity index (χ4n) is 3.83. The zero-order chi connectivity index (χ0) is 23.9. The van der Waals surface area contributed by atoms with Crippen molar-refractivity contribution in [1.82, 2.24) is 20.0 Å². The van der Waals surface area contributed by atoms with Crippen LogP contribution in [0, 0.1) is 6.92 Å². The molecule has 0 bridgehead atoms. The highest BCUT2D eigenvalue weighted by Crippen LogP contribution is 2.20. The largest absolute Gasteiger partial charge is 0.383 e. The van der Waals surface area contributed by atoms with E-state index in [2.05, 4.69) is 34.2 Å². The van der Waals surface area contributed by atoms with Crippen LogP contribution in [0.1, 0.15) is 15.2 Å². The molecule has 3 heterocycles. The quantitative estimate of drug-likeness (QED) is 0.494. The van der Waals surface area contributed by atoms with Crippen molar-refractivity contribution in [3.8, 4) is 11.3 Å². The molecule has 1 aliphatic rings. The number of aromatic nitrogens is 2. The van der Waals surface area contributed by atoms with Gasteiger partial charge in [-0.05, 0) is 30.5 Å². The van der Waals surface area contributed by atoms with E-state index in [-0.39, 0.29) is 18.4 Å². The predicted molar refractivity (Wildman–Crippen MR) is 133 cm³/mol. The fourth-order valence-corrected chi connectivity index (χ4v) is 4.52. The molecule has 3 aromatic rings. The minimum atomic E-state index is -0.136. The van der Waals surface area contributed by atoms with Gasteiger partial charge in [-0.25, -0.2) is 0 Å². The molecule has 1 saturated heterocycles. The molecule has 0 aliphatic carbocycles. The molecule has 2 aromatic heterocycles. The first-order valence-corrected chi connectivity index (χ1v) is 12.2. The number of carbonyl (C=O) groups excluding carboxylic acids is 2. The molecule has 0 saturated carbocycles. The number of hydrogen-bond donors (Lipinski definition) is 0. The summed E-state index contributed by atoms with van der Waals surface area (Å²) in [6.07, 6.45) is 0. The van der Waals surface area contributed by atoms with Crippen LogP contribution in [-0.2, 0) is 9.53 Å². The standard InChI is InChI=1S/C25H29N5O3S/c1-19-5-7-20(8-6-19)21-9-10-23(27-26-21)28-11-13-29(14-12-28)24(31)18-30(15-16-33-2)25(32)22-4-3-17-34-22/h3-10,17H,11-16,18H2,1-2H3. The molecule has 8 nitrogen and oxygen atoms in total. The molecule has 1 fully saturated rings. The molecule has 34 heavy (non-hydrogen) atoms. The Bertz CT molecular complexity index is 1080. The molecule has 0 N–H and O–H groups in total. The summed E-state index contributed by atoms with van der Waals surface area (Å²) in [6, 6.07) is 15.8. The van der Waals surface area contributed by atoms with Crippen LogP contribution < -0.4 is 4.90 Å². The van der Waals surface area contributed by atoms with Crippen LogP contribution in [0.5, 0.6) is 0 Å². The van der Waals surface area contributed by atoms with Gasteiger partial charge in [-0.2, -0.15) is 0 Å². The molecule has 4 rings (SSSR count). The molecule has 1 aliphatic heterocycles. The SMILES string of the molecule is COCCN(CC(=O)N1CCN(c2ccc(-c3ccc(C)cc3)nn2)CC1)C(=O)c1cccs1. The summed E-state index contributed by atoms with van der Waals surface area (Å²) >= 11 is 1.38. The Hall–Kier alpha value is -3.30. The topological polar surface area (TPSA) is 78.9 Å². The normalized spacial score (nSPS) is 13.7. The van der Waals surface area contributed by atoms with E-state index in [0.717, 1.165) is 17.1 Å². The Morgan fingerprint density at radius 3 is 2.41 bits per heavy atom. The molecule has 0 spiro atoms. The average Bonchev–Trinajstić information content (AvgIpc) is 3.42. The van der Waals surface area contributed by atoms with Crippen LogP contribution >= 0.6 is 11.3 Å². The Morgan fingerprint density at radius 2 is 1.79 bits per heavy atom. The summed E-state index contributed by atoms with van der Waals surface area (Å²) in [5.74, 6) is 0.613. The van der Waals surface area contributed by atoms with Crippen LogP contribution in [0.15, 0.2) is 53.9 Å². The first kappa shape index (κ1) is 23.8. The molecule has 0 unspecified atom stereocenters. The zero-order valence-corrected chi connectivity index (χ0v) is 20.3. The van der Waals surface area contributed by atoms with E-state index >= 15 is 0 Å². The number of carbonyl (C=O) groups is 2. The lowest BCUT2D eigenvalue weighted by Gasteiger charge is -2.36. The van der Waals surface area contributed by atoms with Crippen LogP contribution in [0.2, 0.25) is 0 Å². The number of methoxy groups -OCH3 is 1. The van der Waals surface area contributed by atoms with E-state index in [1.807, 2.05) is 40.6 Å². The Morgan fingerprint density at radius 1 is 1.03 bits per heavy atom. The first-order chi connectivity index (χ1) is 16.5. The van der Waals surface area contributed by atoms with Crippen molar-refractivity contribution >= 4 is 29.0 Å². The maximum atomic E-state index is 13.0. The number of piperazine rings is 1. The highest BCUT2D eigenvalue weighted by atomic mass is 32.1. The van der Waals surface area contributed by atoms with Crippen LogP contribution in [0.3, 0.4) is 0 Å². The van der Waals surface area contributed by atoms with Crippen molar-refractivity contribution in [2.45, 2.75) is 6.92 Å². The number of amides is 2. The van der Waals surface area contributed by atoms with Gasteiger partial charge in [0.25, 0.3) is 5.91 Å². The minimum absolute atomic E-state index is 0.0468. The van der Waals surface area contributed by atoms with E-state index in [0.29, 0.717) is 44.2 Å². The van der Waals surface area contributed by atoms with E-state index in [1.54, 1.807) is 18.1 Å². The maximum Gasteiger partial charge on any atom is 0.264 e. The van der Waals surface area contributed by atoms with Crippen molar-refractivity contribution in [1.29, 1.82) is 0 Å². The van der Waals surface area contributed by atoms with Crippen molar-refractivity contribution < 1.29 is 14.3 Å². The third-order valence-corrected chi connectivity index (χ3v) is 6.72. The van der Waals surface area contributed by atoms with Gasteiger partial charge in [0.15, 0.2) is 5.82 Å². The fraction of sp³-hybridized carbons (Fsp3) is 0.360. The zero-order valence-electron chi connectivity index (χ0n) is 19.5. The Labute approximate surface area is 203 Å². The van der Waals surface area contributed by atoms with Crippen molar-refractivity contribution in [3.05, 3.63) is 64.4 Å². The molecular formula is C25H29N5O3S. The summed E-state index contributed by atoms with van der Waals surface area (Å²) in [5, 5.41) is 10.7. The van der Waals surface area contributed by atoms with Gasteiger partial charge < -0.3 is 19.4 Å². The summed E-state index contributed by atoms with van der Waals surface area (Å²) in [5.41, 5.74) is 3.08. The average molecular weight is 480 g/mol. The number of ether oxygens (including phenoxy) is 1. The molecule has 1 aromatic carbocycles. The van der Waals surface area contributed by atoms with Gasteiger partial charge in [0, 0.05) is 45.4 Å². The van der Waals surface area contributed by atoms with E-state index < -0.39 is 0 Å². The monoisotopic (exact) mass is 479 g/mol. The number of rotatable bonds is 8. The third kappa shape index (κ3) is 5.78. The van der Waals surface area contributed by atoms with Gasteiger partial charge >= 0.3 is 0 Å². The summed E-state index contributed by atoms with van der Waals surface area (Å²) in [4.78, 5) is 31.9. The van der Waals surface area contributed by atoms with Gasteiger partial charge in [-0.15, -0.1) is 21.5 Å². The van der Waals surface area contributed by atoms with Gasteiger partial charge in [0.1, 0.15) is 6.54 Å². The lowest BCUT2D eigenvalue weighted by Crippen LogP contribution is -2.52. The lowest BCUT2D eigenvalue weighted by molar-refractivity contribution is -0.132. The third-order valence-electron chi connectivity index (χ3n) is 5.86. The van der Waals surface area contributed by atoms with Crippen molar-refractivity contribution in [2.24, 2.45) is 0 Å². The summed E-state index contributed by atoms with van der Waals surface area (Å²) < 4.78 is 5.14. The first-order valence-electron chi connectivity index (χ1n) is 11.3. The highest BCUT2D eigenvalue weighted by Gasteiger charge is 2.26. The molecule has 0 atom stereocenters. The van der Waals surface area contributed by atoms with E-state index in [4.69, 9.17) is 4.74 Å².